The van der Waals surface area contributed by atoms with Gasteiger partial charge in [0.2, 0.25) is 0 Å². The van der Waals surface area contributed by atoms with Crippen molar-refractivity contribution in [3.05, 3.63) is 33.3 Å². The Balaban J connectivity index is 1.89. The Morgan fingerprint density at radius 1 is 1.23 bits per heavy atom. The lowest BCUT2D eigenvalue weighted by atomic mass is 9.73. The van der Waals surface area contributed by atoms with Crippen molar-refractivity contribution in [1.29, 1.82) is 0 Å². The molecule has 35 heavy (non-hydrogen) atoms. The molecule has 0 aromatic carbocycles. The minimum absolute atomic E-state index is 0.114. The third-order valence-electron chi connectivity index (χ3n) is 7.61. The van der Waals surface area contributed by atoms with Crippen LogP contribution in [0.3, 0.4) is 0 Å². The first-order chi connectivity index (χ1) is 16.3. The van der Waals surface area contributed by atoms with Gasteiger partial charge in [-0.15, -0.1) is 11.3 Å². The Labute approximate surface area is 212 Å². The predicted molar refractivity (Wildman–Crippen MR) is 138 cm³/mol. The van der Waals surface area contributed by atoms with Gasteiger partial charge in [-0.2, -0.15) is 0 Å². The molecule has 1 fully saturated rings. The van der Waals surface area contributed by atoms with Gasteiger partial charge in [0.05, 0.1) is 34.7 Å². The second kappa shape index (κ2) is 11.0. The SMILES string of the molecule is CC(=Cc1csc(C)n1)[C@H]1C/C=C(/C)CC2NC2[C@H](C)[C@H](O)[C@@H](C)C(=O)C(C)(C)[C@@H](O)CC(=O)O1. The van der Waals surface area contributed by atoms with Gasteiger partial charge in [-0.3, -0.25) is 9.59 Å². The van der Waals surface area contributed by atoms with Crippen LogP contribution in [0.5, 0.6) is 0 Å². The number of Topliss-reactive ketones (excluding diaryl/α,β-unsaturated/α-hetero) is 1. The van der Waals surface area contributed by atoms with Crippen LogP contribution < -0.4 is 5.32 Å². The van der Waals surface area contributed by atoms with Crippen molar-refractivity contribution in [1.82, 2.24) is 10.3 Å². The number of esters is 1. The topological polar surface area (TPSA) is 119 Å². The van der Waals surface area contributed by atoms with Gasteiger partial charge < -0.3 is 20.3 Å². The summed E-state index contributed by atoms with van der Waals surface area (Å²) in [5.41, 5.74) is 1.66. The van der Waals surface area contributed by atoms with Crippen LogP contribution in [-0.2, 0) is 14.3 Å². The van der Waals surface area contributed by atoms with Crippen LogP contribution in [0.25, 0.3) is 6.08 Å². The van der Waals surface area contributed by atoms with Crippen LogP contribution in [0.1, 0.15) is 71.5 Å². The van der Waals surface area contributed by atoms with E-state index in [2.05, 4.69) is 23.3 Å². The third kappa shape index (κ3) is 6.67. The largest absolute Gasteiger partial charge is 0.457 e. The molecule has 0 amide bonds. The lowest BCUT2D eigenvalue weighted by Crippen LogP contribution is -2.46. The first kappa shape index (κ1) is 27.7. The molecule has 0 saturated carbocycles. The number of ketones is 1. The summed E-state index contributed by atoms with van der Waals surface area (Å²) in [6.45, 7) is 12.8. The number of aliphatic hydroxyl groups is 2. The zero-order valence-corrected chi connectivity index (χ0v) is 22.7. The number of thiazole rings is 1. The van der Waals surface area contributed by atoms with E-state index in [9.17, 15) is 19.8 Å². The molecule has 0 spiro atoms. The zero-order chi connectivity index (χ0) is 26.1. The summed E-state index contributed by atoms with van der Waals surface area (Å²) >= 11 is 1.56. The average molecular weight is 505 g/mol. The number of carbonyl (C=O) groups excluding carboxylic acids is 2. The number of hydrogen-bond acceptors (Lipinski definition) is 8. The molecule has 3 heterocycles. The van der Waals surface area contributed by atoms with Gasteiger partial charge in [0.1, 0.15) is 11.9 Å². The van der Waals surface area contributed by atoms with Gasteiger partial charge in [0.15, 0.2) is 0 Å². The van der Waals surface area contributed by atoms with E-state index in [1.165, 1.54) is 5.57 Å². The van der Waals surface area contributed by atoms with Gasteiger partial charge in [0, 0.05) is 29.8 Å². The number of carbonyl (C=O) groups is 2. The monoisotopic (exact) mass is 504 g/mol. The maximum atomic E-state index is 13.3. The highest BCUT2D eigenvalue weighted by Gasteiger charge is 2.47. The number of aryl methyl sites for hydroxylation is 1. The van der Waals surface area contributed by atoms with Gasteiger partial charge >= 0.3 is 5.97 Å². The molecule has 3 rings (SSSR count). The predicted octanol–water partition coefficient (Wildman–Crippen LogP) is 3.83. The molecule has 7 nitrogen and oxygen atoms in total. The number of aliphatic hydroxyl groups excluding tert-OH is 2. The van der Waals surface area contributed by atoms with Crippen molar-refractivity contribution in [3.63, 3.8) is 0 Å². The standard InChI is InChI=1S/C27H40N2O5S/c1-14-8-9-21(15(2)11-19-13-35-18(5)28-19)34-23(31)12-22(30)27(6,7)26(33)17(4)25(32)16(3)24-20(10-14)29-24/h8,11,13,16-17,20-22,24-25,29-30,32H,9-10,12H2,1-7H3/b14-8-,15-11?/t16-,17+,20?,21+,22-,24?,25-/m0/s1. The molecule has 2 aliphatic heterocycles. The van der Waals surface area contributed by atoms with E-state index >= 15 is 0 Å². The minimum Gasteiger partial charge on any atom is -0.457 e. The number of fused-ring (bicyclic) bond motifs is 1. The van der Waals surface area contributed by atoms with Gasteiger partial charge in [0.25, 0.3) is 0 Å². The van der Waals surface area contributed by atoms with Crippen molar-refractivity contribution >= 4 is 29.2 Å². The minimum atomic E-state index is -1.23. The van der Waals surface area contributed by atoms with E-state index in [1.807, 2.05) is 32.2 Å². The second-order valence-electron chi connectivity index (χ2n) is 10.9. The Kier molecular flexibility index (Phi) is 8.73. The number of hydrogen-bond donors (Lipinski definition) is 3. The molecule has 0 bridgehead atoms. The highest BCUT2D eigenvalue weighted by Crippen LogP contribution is 2.35. The number of ether oxygens (including phenoxy) is 1. The number of cyclic esters (lactones) is 1. The van der Waals surface area contributed by atoms with Crippen molar-refractivity contribution in [3.8, 4) is 0 Å². The fraction of sp³-hybridized carbons (Fsp3) is 0.667. The lowest BCUT2D eigenvalue weighted by Gasteiger charge is -2.34. The molecule has 1 aromatic heterocycles. The summed E-state index contributed by atoms with van der Waals surface area (Å²) < 4.78 is 5.83. The second-order valence-corrected chi connectivity index (χ2v) is 12.0. The molecule has 1 saturated heterocycles. The van der Waals surface area contributed by atoms with Gasteiger partial charge in [-0.25, -0.2) is 4.98 Å². The third-order valence-corrected chi connectivity index (χ3v) is 8.40. The summed E-state index contributed by atoms with van der Waals surface area (Å²) in [5.74, 6) is -1.60. The van der Waals surface area contributed by atoms with E-state index in [0.29, 0.717) is 6.42 Å². The molecule has 8 heteroatoms. The lowest BCUT2D eigenvalue weighted by molar-refractivity contribution is -0.154. The van der Waals surface area contributed by atoms with E-state index in [4.69, 9.17) is 4.74 Å². The number of rotatable bonds is 2. The molecule has 7 atom stereocenters. The summed E-state index contributed by atoms with van der Waals surface area (Å²) in [4.78, 5) is 30.6. The van der Waals surface area contributed by atoms with Crippen LogP contribution in [0.2, 0.25) is 0 Å². The van der Waals surface area contributed by atoms with Crippen LogP contribution in [0.4, 0.5) is 0 Å². The smallest absolute Gasteiger partial charge is 0.309 e. The molecule has 0 radical (unpaired) electrons. The van der Waals surface area contributed by atoms with E-state index < -0.39 is 35.6 Å². The van der Waals surface area contributed by atoms with Crippen molar-refractivity contribution in [2.45, 2.75) is 98.1 Å². The van der Waals surface area contributed by atoms with Crippen molar-refractivity contribution in [2.24, 2.45) is 17.3 Å². The maximum absolute atomic E-state index is 13.3. The van der Waals surface area contributed by atoms with Crippen molar-refractivity contribution in [2.75, 3.05) is 0 Å². The van der Waals surface area contributed by atoms with Gasteiger partial charge in [-0.05, 0) is 44.8 Å². The molecule has 1 aromatic rings. The Morgan fingerprint density at radius 2 is 1.91 bits per heavy atom. The van der Waals surface area contributed by atoms with Crippen LogP contribution in [-0.4, -0.2) is 57.3 Å². The maximum Gasteiger partial charge on any atom is 0.309 e. The molecular weight excluding hydrogens is 464 g/mol. The Morgan fingerprint density at radius 3 is 2.54 bits per heavy atom. The Hall–Kier alpha value is -1.87. The van der Waals surface area contributed by atoms with Crippen LogP contribution in [0, 0.1) is 24.2 Å². The molecule has 2 aliphatic rings. The fourth-order valence-corrected chi connectivity index (χ4v) is 5.50. The summed E-state index contributed by atoms with van der Waals surface area (Å²) in [5, 5.41) is 28.2. The summed E-state index contributed by atoms with van der Waals surface area (Å²) in [7, 11) is 0. The molecule has 194 valence electrons. The quantitative estimate of drug-likeness (QED) is 0.318. The number of aromatic nitrogens is 1. The zero-order valence-electron chi connectivity index (χ0n) is 21.9. The normalized spacial score (nSPS) is 36.7. The molecular formula is C27H40N2O5S. The summed E-state index contributed by atoms with van der Waals surface area (Å²) in [6.07, 6.45) is 2.49. The fourth-order valence-electron chi connectivity index (χ4n) is 4.93. The Bertz CT molecular complexity index is 997. The highest BCUT2D eigenvalue weighted by atomic mass is 32.1. The molecule has 3 N–H and O–H groups in total. The van der Waals surface area contributed by atoms with Gasteiger partial charge in [-0.1, -0.05) is 39.3 Å². The van der Waals surface area contributed by atoms with E-state index in [-0.39, 0.29) is 30.2 Å². The van der Waals surface area contributed by atoms with Crippen LogP contribution in [0.15, 0.2) is 22.6 Å². The average Bonchev–Trinajstić information content (AvgIpc) is 3.43. The number of nitrogens with one attached hydrogen (secondary N) is 1. The first-order valence-electron chi connectivity index (χ1n) is 12.4. The van der Waals surface area contributed by atoms with Crippen LogP contribution >= 0.6 is 11.3 Å². The van der Waals surface area contributed by atoms with E-state index in [1.54, 1.807) is 32.1 Å². The molecule has 2 unspecified atom stereocenters. The number of nitrogens with zero attached hydrogens (tertiary/aromatic N) is 1. The first-order valence-corrected chi connectivity index (χ1v) is 13.3. The summed E-state index contributed by atoms with van der Waals surface area (Å²) in [6, 6.07) is 0.369. The van der Waals surface area contributed by atoms with Crippen molar-refractivity contribution < 1.29 is 24.5 Å². The molecule has 0 aliphatic carbocycles. The van der Waals surface area contributed by atoms with E-state index in [0.717, 1.165) is 22.7 Å². The highest BCUT2D eigenvalue weighted by molar-refractivity contribution is 7.09.